The fraction of sp³-hybridized carbons (Fsp3) is 0.500. The Labute approximate surface area is 146 Å². The lowest BCUT2D eigenvalue weighted by atomic mass is 10.1. The van der Waals surface area contributed by atoms with Crippen LogP contribution in [0.4, 0.5) is 0 Å². The number of carbonyl (C=O) groups excluding carboxylic acids is 1. The minimum absolute atomic E-state index is 0.0466. The van der Waals surface area contributed by atoms with Crippen LogP contribution < -0.4 is 10.0 Å². The van der Waals surface area contributed by atoms with Crippen LogP contribution in [0.2, 0.25) is 0 Å². The van der Waals surface area contributed by atoms with Crippen LogP contribution in [0.5, 0.6) is 0 Å². The SMILES string of the molecule is CCCCC(NC(=O)CNS(=O)(=O)c1ccc2c(c1)COC2)C(=O)O. The van der Waals surface area contributed by atoms with Crippen molar-refractivity contribution in [3.63, 3.8) is 0 Å². The van der Waals surface area contributed by atoms with E-state index in [-0.39, 0.29) is 4.90 Å². The molecule has 1 aliphatic heterocycles. The lowest BCUT2D eigenvalue weighted by molar-refractivity contribution is -0.141. The van der Waals surface area contributed by atoms with E-state index >= 15 is 0 Å². The van der Waals surface area contributed by atoms with E-state index in [1.807, 2.05) is 6.92 Å². The summed E-state index contributed by atoms with van der Waals surface area (Å²) in [6, 6.07) is 3.63. The van der Waals surface area contributed by atoms with Crippen molar-refractivity contribution in [1.82, 2.24) is 10.0 Å². The third kappa shape index (κ3) is 5.25. The smallest absolute Gasteiger partial charge is 0.326 e. The predicted octanol–water partition coefficient (Wildman–Crippen LogP) is 0.755. The molecule has 2 rings (SSSR count). The summed E-state index contributed by atoms with van der Waals surface area (Å²) in [6.45, 7) is 2.21. The Morgan fingerprint density at radius 3 is 2.68 bits per heavy atom. The number of hydrogen-bond donors (Lipinski definition) is 3. The van der Waals surface area contributed by atoms with E-state index in [9.17, 15) is 18.0 Å². The van der Waals surface area contributed by atoms with Gasteiger partial charge in [0.05, 0.1) is 24.7 Å². The van der Waals surface area contributed by atoms with Crippen molar-refractivity contribution in [2.45, 2.75) is 50.3 Å². The first-order valence-corrected chi connectivity index (χ1v) is 9.53. The molecule has 0 spiro atoms. The quantitative estimate of drug-likeness (QED) is 0.590. The summed E-state index contributed by atoms with van der Waals surface area (Å²) in [5, 5.41) is 11.4. The molecule has 25 heavy (non-hydrogen) atoms. The van der Waals surface area contributed by atoms with Gasteiger partial charge < -0.3 is 15.2 Å². The fourth-order valence-electron chi connectivity index (χ4n) is 2.47. The number of carbonyl (C=O) groups is 2. The molecule has 1 atom stereocenters. The molecule has 9 heteroatoms. The fourth-order valence-corrected chi connectivity index (χ4v) is 3.50. The Balaban J connectivity index is 1.94. The van der Waals surface area contributed by atoms with E-state index in [2.05, 4.69) is 10.0 Å². The molecule has 0 saturated heterocycles. The van der Waals surface area contributed by atoms with Gasteiger partial charge in [-0.1, -0.05) is 25.8 Å². The Kier molecular flexibility index (Phi) is 6.51. The lowest BCUT2D eigenvalue weighted by Gasteiger charge is -2.14. The molecule has 138 valence electrons. The number of unbranched alkanes of at least 4 members (excludes halogenated alkanes) is 1. The Morgan fingerprint density at radius 1 is 1.28 bits per heavy atom. The topological polar surface area (TPSA) is 122 Å². The average molecular weight is 370 g/mol. The van der Waals surface area contributed by atoms with Gasteiger partial charge in [0.15, 0.2) is 0 Å². The zero-order chi connectivity index (χ0) is 18.4. The maximum absolute atomic E-state index is 12.3. The van der Waals surface area contributed by atoms with Gasteiger partial charge in [-0.3, -0.25) is 4.79 Å². The predicted molar refractivity (Wildman–Crippen MR) is 89.2 cm³/mol. The molecular formula is C16H22N2O6S. The van der Waals surface area contributed by atoms with Crippen LogP contribution in [-0.4, -0.2) is 38.0 Å². The highest BCUT2D eigenvalue weighted by Crippen LogP contribution is 2.22. The molecule has 1 aliphatic rings. The first kappa shape index (κ1) is 19.4. The highest BCUT2D eigenvalue weighted by Gasteiger charge is 2.22. The van der Waals surface area contributed by atoms with E-state index in [0.717, 1.165) is 17.5 Å². The van der Waals surface area contributed by atoms with Crippen molar-refractivity contribution in [1.29, 1.82) is 0 Å². The number of carboxylic acids is 1. The summed E-state index contributed by atoms with van der Waals surface area (Å²) in [4.78, 5) is 23.0. The van der Waals surface area contributed by atoms with Crippen LogP contribution in [0, 0.1) is 0 Å². The van der Waals surface area contributed by atoms with Crippen molar-refractivity contribution in [3.05, 3.63) is 29.3 Å². The number of nitrogens with one attached hydrogen (secondary N) is 2. The van der Waals surface area contributed by atoms with Crippen molar-refractivity contribution in [2.75, 3.05) is 6.54 Å². The monoisotopic (exact) mass is 370 g/mol. The standard InChI is InChI=1S/C16H22N2O6S/c1-2-3-4-14(16(20)21)18-15(19)8-17-25(22,23)13-6-5-11-9-24-10-12(11)7-13/h5-7,14,17H,2-4,8-10H2,1H3,(H,18,19)(H,20,21). The van der Waals surface area contributed by atoms with Crippen LogP contribution >= 0.6 is 0 Å². The molecule has 0 fully saturated rings. The third-order valence-electron chi connectivity index (χ3n) is 3.91. The maximum Gasteiger partial charge on any atom is 0.326 e. The number of rotatable bonds is 9. The number of amides is 1. The first-order valence-electron chi connectivity index (χ1n) is 8.05. The van der Waals surface area contributed by atoms with Gasteiger partial charge in [0, 0.05) is 0 Å². The molecule has 8 nitrogen and oxygen atoms in total. The highest BCUT2D eigenvalue weighted by atomic mass is 32.2. The minimum Gasteiger partial charge on any atom is -0.480 e. The molecule has 0 bridgehead atoms. The van der Waals surface area contributed by atoms with Crippen molar-refractivity contribution in [2.24, 2.45) is 0 Å². The van der Waals surface area contributed by atoms with Crippen LogP contribution in [-0.2, 0) is 37.6 Å². The van der Waals surface area contributed by atoms with E-state index in [1.54, 1.807) is 6.07 Å². The summed E-state index contributed by atoms with van der Waals surface area (Å²) in [7, 11) is -3.86. The van der Waals surface area contributed by atoms with Gasteiger partial charge in [-0.15, -0.1) is 0 Å². The molecule has 0 aliphatic carbocycles. The number of ether oxygens (including phenoxy) is 1. The van der Waals surface area contributed by atoms with Crippen LogP contribution in [0.15, 0.2) is 23.1 Å². The molecule has 0 aromatic heterocycles. The minimum atomic E-state index is -3.86. The third-order valence-corrected chi connectivity index (χ3v) is 5.30. The van der Waals surface area contributed by atoms with Crippen LogP contribution in [0.1, 0.15) is 37.3 Å². The van der Waals surface area contributed by atoms with Gasteiger partial charge >= 0.3 is 5.97 Å². The Hall–Kier alpha value is -1.97. The average Bonchev–Trinajstić information content (AvgIpc) is 3.04. The molecule has 0 saturated carbocycles. The van der Waals surface area contributed by atoms with Crippen molar-refractivity contribution in [3.8, 4) is 0 Å². The lowest BCUT2D eigenvalue weighted by Crippen LogP contribution is -2.45. The molecule has 1 amide bonds. The van der Waals surface area contributed by atoms with Gasteiger partial charge in [0.2, 0.25) is 15.9 Å². The first-order chi connectivity index (χ1) is 11.8. The zero-order valence-electron chi connectivity index (χ0n) is 13.9. The summed E-state index contributed by atoms with van der Waals surface area (Å²) in [5.74, 6) is -1.82. The normalized spacial score (nSPS) is 14.8. The van der Waals surface area contributed by atoms with Gasteiger partial charge in [-0.2, -0.15) is 0 Å². The van der Waals surface area contributed by atoms with Crippen LogP contribution in [0.3, 0.4) is 0 Å². The second-order valence-electron chi connectivity index (χ2n) is 5.85. The maximum atomic E-state index is 12.3. The molecule has 0 radical (unpaired) electrons. The number of fused-ring (bicyclic) bond motifs is 1. The number of aliphatic carboxylic acids is 1. The van der Waals surface area contributed by atoms with E-state index in [4.69, 9.17) is 9.84 Å². The second-order valence-corrected chi connectivity index (χ2v) is 7.62. The molecule has 1 unspecified atom stereocenters. The van der Waals surface area contributed by atoms with Crippen LogP contribution in [0.25, 0.3) is 0 Å². The number of carboxylic acid groups (broad SMARTS) is 1. The highest BCUT2D eigenvalue weighted by molar-refractivity contribution is 7.89. The number of hydrogen-bond acceptors (Lipinski definition) is 5. The van der Waals surface area contributed by atoms with Gasteiger partial charge in [0.1, 0.15) is 6.04 Å². The van der Waals surface area contributed by atoms with E-state index in [0.29, 0.717) is 26.1 Å². The summed E-state index contributed by atoms with van der Waals surface area (Å²) < 4.78 is 32.0. The molecular weight excluding hydrogens is 348 g/mol. The van der Waals surface area contributed by atoms with Crippen molar-refractivity contribution >= 4 is 21.9 Å². The summed E-state index contributed by atoms with van der Waals surface area (Å²) in [5.41, 5.74) is 1.75. The molecule has 1 aromatic carbocycles. The molecule has 1 heterocycles. The largest absolute Gasteiger partial charge is 0.480 e. The Bertz CT molecular complexity index is 747. The Morgan fingerprint density at radius 2 is 2.00 bits per heavy atom. The van der Waals surface area contributed by atoms with Crippen molar-refractivity contribution < 1.29 is 27.9 Å². The molecule has 1 aromatic rings. The second kappa shape index (κ2) is 8.41. The summed E-state index contributed by atoms with van der Waals surface area (Å²) >= 11 is 0. The zero-order valence-corrected chi connectivity index (χ0v) is 14.8. The van der Waals surface area contributed by atoms with Gasteiger partial charge in [-0.25, -0.2) is 17.9 Å². The number of sulfonamides is 1. The van der Waals surface area contributed by atoms with E-state index in [1.165, 1.54) is 12.1 Å². The van der Waals surface area contributed by atoms with E-state index < -0.39 is 34.5 Å². The summed E-state index contributed by atoms with van der Waals surface area (Å²) in [6.07, 6.45) is 1.75. The van der Waals surface area contributed by atoms with Gasteiger partial charge in [-0.05, 0) is 29.7 Å². The van der Waals surface area contributed by atoms with Gasteiger partial charge in [0.25, 0.3) is 0 Å². The number of benzene rings is 1. The molecule has 3 N–H and O–H groups in total.